The lowest BCUT2D eigenvalue weighted by molar-refractivity contribution is 0.318. The Morgan fingerprint density at radius 3 is 2.62 bits per heavy atom. The lowest BCUT2D eigenvalue weighted by atomic mass is 10.2. The van der Waals surface area contributed by atoms with E-state index < -0.39 is 0 Å². The van der Waals surface area contributed by atoms with E-state index in [2.05, 4.69) is 88.8 Å². The number of fused-ring (bicyclic) bond motifs is 1. The molecule has 0 saturated carbocycles. The molecule has 1 aromatic heterocycles. The number of hydrogen-bond donors (Lipinski definition) is 0. The van der Waals surface area contributed by atoms with E-state index >= 15 is 0 Å². The van der Waals surface area contributed by atoms with Crippen LogP contribution in [0.4, 0.5) is 0 Å². The van der Waals surface area contributed by atoms with E-state index in [0.29, 0.717) is 0 Å². The quantitative estimate of drug-likeness (QED) is 0.553. The summed E-state index contributed by atoms with van der Waals surface area (Å²) in [4.78, 5) is 0. The van der Waals surface area contributed by atoms with E-state index in [1.165, 1.54) is 20.0 Å². The molecule has 0 atom stereocenters. The van der Waals surface area contributed by atoms with E-state index in [9.17, 15) is 0 Å². The van der Waals surface area contributed by atoms with Crippen molar-refractivity contribution in [2.75, 3.05) is 6.61 Å². The number of rotatable bonds is 5. The Morgan fingerprint density at radius 1 is 1.05 bits per heavy atom. The van der Waals surface area contributed by atoms with Crippen LogP contribution in [0.2, 0.25) is 0 Å². The molecule has 0 unspecified atom stereocenters. The fourth-order valence-corrected chi connectivity index (χ4v) is 2.77. The van der Waals surface area contributed by atoms with Gasteiger partial charge in [0.25, 0.3) is 0 Å². The highest BCUT2D eigenvalue weighted by Crippen LogP contribution is 2.23. The molecule has 21 heavy (non-hydrogen) atoms. The van der Waals surface area contributed by atoms with Gasteiger partial charge in [-0.3, -0.25) is 0 Å². The Balaban J connectivity index is 1.84. The van der Waals surface area contributed by atoms with Gasteiger partial charge in [-0.05, 0) is 71.0 Å². The second kappa shape index (κ2) is 6.52. The average molecular weight is 391 g/mol. The molecule has 0 amide bonds. The number of benzene rings is 2. The van der Waals surface area contributed by atoms with Gasteiger partial charge in [0.15, 0.2) is 0 Å². The number of aromatic nitrogens is 1. The van der Waals surface area contributed by atoms with Gasteiger partial charge < -0.3 is 9.30 Å². The first kappa shape index (κ1) is 14.4. The Kier molecular flexibility index (Phi) is 4.48. The van der Waals surface area contributed by atoms with Gasteiger partial charge >= 0.3 is 0 Å². The number of nitrogens with zero attached hydrogens (tertiary/aromatic N) is 1. The van der Waals surface area contributed by atoms with E-state index in [1.807, 2.05) is 0 Å². The van der Waals surface area contributed by atoms with Crippen LogP contribution >= 0.6 is 22.6 Å². The SMILES string of the molecule is CCCOc1ccc2c(ccn2Cc2ccc(I)cc2)c1. The fraction of sp³-hybridized carbons (Fsp3) is 0.222. The van der Waals surface area contributed by atoms with Gasteiger partial charge in [0.1, 0.15) is 5.75 Å². The molecule has 0 N–H and O–H groups in total. The highest BCUT2D eigenvalue weighted by atomic mass is 127. The van der Waals surface area contributed by atoms with Crippen molar-refractivity contribution in [3.63, 3.8) is 0 Å². The molecule has 0 radical (unpaired) electrons. The van der Waals surface area contributed by atoms with Crippen molar-refractivity contribution in [2.24, 2.45) is 0 Å². The first-order valence-electron chi connectivity index (χ1n) is 7.22. The fourth-order valence-electron chi connectivity index (χ4n) is 2.41. The summed E-state index contributed by atoms with van der Waals surface area (Å²) < 4.78 is 9.24. The lowest BCUT2D eigenvalue weighted by Crippen LogP contribution is -1.98. The zero-order valence-electron chi connectivity index (χ0n) is 12.1. The first-order chi connectivity index (χ1) is 10.3. The van der Waals surface area contributed by atoms with Crippen LogP contribution in [-0.2, 0) is 6.54 Å². The molecule has 3 rings (SSSR count). The number of halogens is 1. The van der Waals surface area contributed by atoms with E-state index in [1.54, 1.807) is 0 Å². The standard InChI is InChI=1S/C18H18INO/c1-2-11-21-17-7-8-18-15(12-17)9-10-20(18)13-14-3-5-16(19)6-4-14/h3-10,12H,2,11,13H2,1H3. The van der Waals surface area contributed by atoms with Gasteiger partial charge in [0.05, 0.1) is 6.61 Å². The van der Waals surface area contributed by atoms with Gasteiger partial charge in [0, 0.05) is 27.2 Å². The largest absolute Gasteiger partial charge is 0.494 e. The minimum absolute atomic E-state index is 0.773. The molecule has 0 aliphatic carbocycles. The van der Waals surface area contributed by atoms with Crippen molar-refractivity contribution < 1.29 is 4.74 Å². The van der Waals surface area contributed by atoms with Crippen molar-refractivity contribution in [1.29, 1.82) is 0 Å². The summed E-state index contributed by atoms with van der Waals surface area (Å²) in [6.45, 7) is 3.79. The molecule has 108 valence electrons. The Hall–Kier alpha value is -1.49. The molecule has 0 aliphatic rings. The van der Waals surface area contributed by atoms with E-state index in [-0.39, 0.29) is 0 Å². The van der Waals surface area contributed by atoms with Crippen molar-refractivity contribution in [2.45, 2.75) is 19.9 Å². The summed E-state index contributed by atoms with van der Waals surface area (Å²) in [7, 11) is 0. The van der Waals surface area contributed by atoms with Crippen LogP contribution < -0.4 is 4.74 Å². The zero-order valence-corrected chi connectivity index (χ0v) is 14.2. The molecule has 0 aliphatic heterocycles. The van der Waals surface area contributed by atoms with Gasteiger partial charge in [-0.1, -0.05) is 19.1 Å². The van der Waals surface area contributed by atoms with Crippen LogP contribution in [0.3, 0.4) is 0 Å². The molecule has 2 nitrogen and oxygen atoms in total. The molecular weight excluding hydrogens is 373 g/mol. The lowest BCUT2D eigenvalue weighted by Gasteiger charge is -2.08. The van der Waals surface area contributed by atoms with Crippen LogP contribution in [-0.4, -0.2) is 11.2 Å². The van der Waals surface area contributed by atoms with E-state index in [0.717, 1.165) is 25.3 Å². The summed E-state index contributed by atoms with van der Waals surface area (Å²) in [5.74, 6) is 0.955. The van der Waals surface area contributed by atoms with Gasteiger partial charge in [-0.2, -0.15) is 0 Å². The maximum absolute atomic E-state index is 5.69. The predicted molar refractivity (Wildman–Crippen MR) is 96.0 cm³/mol. The molecule has 0 fully saturated rings. The summed E-state index contributed by atoms with van der Waals surface area (Å²) in [6, 6.07) is 17.2. The van der Waals surface area contributed by atoms with Crippen LogP contribution in [0.1, 0.15) is 18.9 Å². The van der Waals surface area contributed by atoms with Gasteiger partial charge in [0.2, 0.25) is 0 Å². The monoisotopic (exact) mass is 391 g/mol. The Labute approximate surface area is 138 Å². The predicted octanol–water partition coefficient (Wildman–Crippen LogP) is 5.08. The number of ether oxygens (including phenoxy) is 1. The molecule has 2 aromatic carbocycles. The van der Waals surface area contributed by atoms with Crippen LogP contribution in [0.25, 0.3) is 10.9 Å². The molecule has 0 spiro atoms. The maximum Gasteiger partial charge on any atom is 0.120 e. The normalized spacial score (nSPS) is 11.0. The third-order valence-corrected chi connectivity index (χ3v) is 4.20. The maximum atomic E-state index is 5.69. The van der Waals surface area contributed by atoms with Gasteiger partial charge in [-0.15, -0.1) is 0 Å². The van der Waals surface area contributed by atoms with Gasteiger partial charge in [-0.25, -0.2) is 0 Å². The first-order valence-corrected chi connectivity index (χ1v) is 8.30. The third kappa shape index (κ3) is 3.40. The second-order valence-corrected chi connectivity index (χ2v) is 6.38. The van der Waals surface area contributed by atoms with Crippen LogP contribution in [0.5, 0.6) is 5.75 Å². The summed E-state index contributed by atoms with van der Waals surface area (Å²) in [6.07, 6.45) is 3.18. The Bertz CT molecular complexity index is 731. The minimum atomic E-state index is 0.773. The van der Waals surface area contributed by atoms with Crippen molar-refractivity contribution in [1.82, 2.24) is 4.57 Å². The summed E-state index contributed by atoms with van der Waals surface area (Å²) >= 11 is 2.33. The zero-order chi connectivity index (χ0) is 14.7. The van der Waals surface area contributed by atoms with Crippen LogP contribution in [0.15, 0.2) is 54.7 Å². The third-order valence-electron chi connectivity index (χ3n) is 3.48. The minimum Gasteiger partial charge on any atom is -0.494 e. The smallest absolute Gasteiger partial charge is 0.120 e. The average Bonchev–Trinajstić information content (AvgIpc) is 2.90. The molecule has 0 saturated heterocycles. The summed E-state index contributed by atoms with van der Waals surface area (Å²) in [5.41, 5.74) is 2.57. The van der Waals surface area contributed by atoms with Crippen molar-refractivity contribution in [3.05, 3.63) is 63.9 Å². The molecule has 1 heterocycles. The molecular formula is C18H18INO. The topological polar surface area (TPSA) is 14.2 Å². The second-order valence-electron chi connectivity index (χ2n) is 5.14. The highest BCUT2D eigenvalue weighted by molar-refractivity contribution is 14.1. The Morgan fingerprint density at radius 2 is 1.86 bits per heavy atom. The van der Waals surface area contributed by atoms with Crippen molar-refractivity contribution in [3.8, 4) is 5.75 Å². The molecule has 0 bridgehead atoms. The van der Waals surface area contributed by atoms with E-state index in [4.69, 9.17) is 4.74 Å². The summed E-state index contributed by atoms with van der Waals surface area (Å²) in [5, 5.41) is 1.23. The number of hydrogen-bond acceptors (Lipinski definition) is 1. The van der Waals surface area contributed by atoms with Crippen molar-refractivity contribution >= 4 is 33.5 Å². The van der Waals surface area contributed by atoms with Crippen LogP contribution in [0, 0.1) is 3.57 Å². The molecule has 3 aromatic rings. The highest BCUT2D eigenvalue weighted by Gasteiger charge is 2.04. The molecule has 3 heteroatoms.